The molecule has 0 radical (unpaired) electrons. The predicted molar refractivity (Wildman–Crippen MR) is 123 cm³/mol. The van der Waals surface area contributed by atoms with Crippen LogP contribution in [0.2, 0.25) is 0 Å². The second-order valence-corrected chi connectivity index (χ2v) is 11.3. The number of amides is 1. The minimum atomic E-state index is -3.09. The van der Waals surface area contributed by atoms with Crippen molar-refractivity contribution in [3.05, 3.63) is 28.8 Å². The summed E-state index contributed by atoms with van der Waals surface area (Å²) in [6, 6.07) is 4.34. The van der Waals surface area contributed by atoms with Gasteiger partial charge in [-0.2, -0.15) is 0 Å². The van der Waals surface area contributed by atoms with Crippen molar-refractivity contribution in [2.24, 2.45) is 5.92 Å². The number of benzene rings is 1. The average molecular weight is 452 g/mol. The summed E-state index contributed by atoms with van der Waals surface area (Å²) in [5.74, 6) is 0.584. The number of phenolic OH excluding ortho intramolecular Hbond substituents is 1. The topological polar surface area (TPSA) is 81.2 Å². The summed E-state index contributed by atoms with van der Waals surface area (Å²) >= 11 is 0. The van der Waals surface area contributed by atoms with Crippen molar-refractivity contribution >= 4 is 15.9 Å². The standard InChI is InChI=1S/C23H37N3O4S/c1-5-31(29,30)26-8-6-21(7-9-26)24-10-12-25(13-11-24)23(28)19(4)16-20-14-17(2)22(27)18(3)15-20/h14-15,19,21,27H,5-13,16H2,1-4H3/t19-/m1/s1. The van der Waals surface area contributed by atoms with Crippen molar-refractivity contribution in [3.63, 3.8) is 0 Å². The van der Waals surface area contributed by atoms with Crippen LogP contribution in [0.25, 0.3) is 0 Å². The van der Waals surface area contributed by atoms with Gasteiger partial charge < -0.3 is 10.0 Å². The van der Waals surface area contributed by atoms with Crippen molar-refractivity contribution in [3.8, 4) is 5.75 Å². The van der Waals surface area contributed by atoms with Crippen LogP contribution in [0.5, 0.6) is 5.75 Å². The number of sulfonamides is 1. The zero-order valence-electron chi connectivity index (χ0n) is 19.3. The van der Waals surface area contributed by atoms with Crippen LogP contribution in [-0.4, -0.2) is 84.6 Å². The van der Waals surface area contributed by atoms with E-state index in [9.17, 15) is 18.3 Å². The van der Waals surface area contributed by atoms with E-state index in [0.717, 1.165) is 55.7 Å². The number of carbonyl (C=O) groups is 1. The first-order chi connectivity index (χ1) is 14.6. The van der Waals surface area contributed by atoms with Gasteiger partial charge in [-0.3, -0.25) is 9.69 Å². The quantitative estimate of drug-likeness (QED) is 0.717. The molecule has 2 aliphatic rings. The van der Waals surface area contributed by atoms with Gasteiger partial charge in [0, 0.05) is 51.2 Å². The van der Waals surface area contributed by atoms with E-state index in [1.54, 1.807) is 11.2 Å². The Balaban J connectivity index is 1.49. The third-order valence-electron chi connectivity index (χ3n) is 6.84. The van der Waals surface area contributed by atoms with Gasteiger partial charge in [0.25, 0.3) is 0 Å². The number of hydrogen-bond acceptors (Lipinski definition) is 5. The van der Waals surface area contributed by atoms with Crippen LogP contribution in [-0.2, 0) is 21.2 Å². The highest BCUT2D eigenvalue weighted by atomic mass is 32.2. The maximum atomic E-state index is 13.0. The van der Waals surface area contributed by atoms with Crippen LogP contribution in [0.1, 0.15) is 43.4 Å². The molecule has 7 nitrogen and oxygen atoms in total. The highest BCUT2D eigenvalue weighted by Gasteiger charge is 2.32. The maximum absolute atomic E-state index is 13.0. The molecule has 0 aromatic heterocycles. The zero-order chi connectivity index (χ0) is 22.8. The lowest BCUT2D eigenvalue weighted by Crippen LogP contribution is -2.55. The Bertz CT molecular complexity index is 863. The lowest BCUT2D eigenvalue weighted by molar-refractivity contribution is -0.137. The molecular weight excluding hydrogens is 414 g/mol. The zero-order valence-corrected chi connectivity index (χ0v) is 20.1. The summed E-state index contributed by atoms with van der Waals surface area (Å²) in [6.07, 6.45) is 2.40. The molecule has 1 atom stereocenters. The van der Waals surface area contributed by atoms with Gasteiger partial charge in [0.15, 0.2) is 0 Å². The molecule has 1 N–H and O–H groups in total. The Morgan fingerprint density at radius 3 is 2.13 bits per heavy atom. The Morgan fingerprint density at radius 1 is 1.06 bits per heavy atom. The van der Waals surface area contributed by atoms with Gasteiger partial charge >= 0.3 is 0 Å². The SMILES string of the molecule is CCS(=O)(=O)N1CCC(N2CCN(C(=O)[C@H](C)Cc3cc(C)c(O)c(C)c3)CC2)CC1. The molecule has 8 heteroatoms. The van der Waals surface area contributed by atoms with Crippen LogP contribution < -0.4 is 0 Å². The molecule has 0 unspecified atom stereocenters. The number of rotatable bonds is 6. The lowest BCUT2D eigenvalue weighted by atomic mass is 9.96. The van der Waals surface area contributed by atoms with E-state index < -0.39 is 10.0 Å². The van der Waals surface area contributed by atoms with E-state index in [4.69, 9.17) is 0 Å². The molecular formula is C23H37N3O4S. The molecule has 2 heterocycles. The van der Waals surface area contributed by atoms with Gasteiger partial charge in [-0.1, -0.05) is 19.1 Å². The van der Waals surface area contributed by atoms with Crippen LogP contribution >= 0.6 is 0 Å². The number of carbonyl (C=O) groups excluding carboxylic acids is 1. The molecule has 1 aromatic rings. The molecule has 3 rings (SSSR count). The monoisotopic (exact) mass is 451 g/mol. The Labute approximate surface area is 187 Å². The Kier molecular flexibility index (Phi) is 7.65. The summed E-state index contributed by atoms with van der Waals surface area (Å²) in [6.45, 7) is 11.8. The second-order valence-electron chi connectivity index (χ2n) is 9.08. The van der Waals surface area contributed by atoms with Gasteiger partial charge in [-0.05, 0) is 56.7 Å². The van der Waals surface area contributed by atoms with Crippen molar-refractivity contribution in [2.75, 3.05) is 45.0 Å². The number of phenols is 1. The third kappa shape index (κ3) is 5.59. The third-order valence-corrected chi connectivity index (χ3v) is 8.72. The van der Waals surface area contributed by atoms with Crippen LogP contribution in [0, 0.1) is 19.8 Å². The minimum Gasteiger partial charge on any atom is -0.507 e. The van der Waals surface area contributed by atoms with E-state index in [1.807, 2.05) is 37.8 Å². The van der Waals surface area contributed by atoms with Gasteiger partial charge in [-0.25, -0.2) is 12.7 Å². The number of piperazine rings is 1. The molecule has 0 bridgehead atoms. The Hall–Kier alpha value is -1.64. The summed E-state index contributed by atoms with van der Waals surface area (Å²) in [4.78, 5) is 17.4. The summed E-state index contributed by atoms with van der Waals surface area (Å²) in [7, 11) is -3.09. The van der Waals surface area contributed by atoms with E-state index in [1.165, 1.54) is 0 Å². The molecule has 0 spiro atoms. The fourth-order valence-corrected chi connectivity index (χ4v) is 6.02. The van der Waals surface area contributed by atoms with Crippen molar-refractivity contribution in [2.45, 2.75) is 53.0 Å². The van der Waals surface area contributed by atoms with E-state index in [-0.39, 0.29) is 17.6 Å². The van der Waals surface area contributed by atoms with Gasteiger partial charge in [-0.15, -0.1) is 0 Å². The molecule has 31 heavy (non-hydrogen) atoms. The highest BCUT2D eigenvalue weighted by Crippen LogP contribution is 2.25. The van der Waals surface area contributed by atoms with E-state index in [2.05, 4.69) is 4.90 Å². The minimum absolute atomic E-state index is 0.0996. The number of aromatic hydroxyl groups is 1. The van der Waals surface area contributed by atoms with Crippen LogP contribution in [0.4, 0.5) is 0 Å². The number of piperidine rings is 1. The van der Waals surface area contributed by atoms with Crippen LogP contribution in [0.3, 0.4) is 0 Å². The first-order valence-corrected chi connectivity index (χ1v) is 13.0. The van der Waals surface area contributed by atoms with Crippen LogP contribution in [0.15, 0.2) is 12.1 Å². The fourth-order valence-electron chi connectivity index (χ4n) is 4.89. The molecule has 1 aromatic carbocycles. The second kappa shape index (κ2) is 9.88. The molecule has 1 amide bonds. The summed E-state index contributed by atoms with van der Waals surface area (Å²) < 4.78 is 25.7. The predicted octanol–water partition coefficient (Wildman–Crippen LogP) is 2.15. The largest absolute Gasteiger partial charge is 0.507 e. The molecule has 174 valence electrons. The van der Waals surface area contributed by atoms with E-state index >= 15 is 0 Å². The molecule has 0 saturated carbocycles. The number of nitrogens with zero attached hydrogens (tertiary/aromatic N) is 3. The lowest BCUT2D eigenvalue weighted by Gasteiger charge is -2.42. The first kappa shape index (κ1) is 24.0. The Morgan fingerprint density at radius 2 is 1.61 bits per heavy atom. The van der Waals surface area contributed by atoms with Crippen molar-refractivity contribution < 1.29 is 18.3 Å². The van der Waals surface area contributed by atoms with E-state index in [0.29, 0.717) is 31.3 Å². The molecule has 2 saturated heterocycles. The average Bonchev–Trinajstić information content (AvgIpc) is 2.77. The summed E-state index contributed by atoms with van der Waals surface area (Å²) in [5.41, 5.74) is 2.78. The molecule has 2 fully saturated rings. The van der Waals surface area contributed by atoms with Gasteiger partial charge in [0.1, 0.15) is 5.75 Å². The maximum Gasteiger partial charge on any atom is 0.225 e. The number of hydrogen-bond donors (Lipinski definition) is 1. The molecule has 2 aliphatic heterocycles. The number of aryl methyl sites for hydroxylation is 2. The van der Waals surface area contributed by atoms with Crippen molar-refractivity contribution in [1.82, 2.24) is 14.1 Å². The highest BCUT2D eigenvalue weighted by molar-refractivity contribution is 7.89. The smallest absolute Gasteiger partial charge is 0.225 e. The van der Waals surface area contributed by atoms with Gasteiger partial charge in [0.05, 0.1) is 5.75 Å². The van der Waals surface area contributed by atoms with Gasteiger partial charge in [0.2, 0.25) is 15.9 Å². The normalized spacial score (nSPS) is 20.7. The summed E-state index contributed by atoms with van der Waals surface area (Å²) in [5, 5.41) is 9.96. The van der Waals surface area contributed by atoms with Crippen molar-refractivity contribution in [1.29, 1.82) is 0 Å². The fraction of sp³-hybridized carbons (Fsp3) is 0.696. The molecule has 0 aliphatic carbocycles. The first-order valence-electron chi connectivity index (χ1n) is 11.4.